The number of likely N-dealkylation sites (N-methyl/N-ethyl adjacent to an activating group) is 1. The SMILES string of the molecule is CN(C)CCOc1ccccc1C=CC(=O)c1ccccc1CN(C)C. The van der Waals surface area contributed by atoms with Gasteiger partial charge in [-0.15, -0.1) is 0 Å². The Morgan fingerprint density at radius 3 is 2.38 bits per heavy atom. The molecule has 0 saturated carbocycles. The molecule has 0 N–H and O–H groups in total. The number of nitrogens with zero attached hydrogens (tertiary/aromatic N) is 2. The van der Waals surface area contributed by atoms with Crippen LogP contribution in [0.15, 0.2) is 54.6 Å². The number of carbonyl (C=O) groups excluding carboxylic acids is 1. The Balaban J connectivity index is 2.14. The Kier molecular flexibility index (Phi) is 7.57. The summed E-state index contributed by atoms with van der Waals surface area (Å²) in [4.78, 5) is 16.8. The van der Waals surface area contributed by atoms with E-state index in [1.165, 1.54) is 0 Å². The first-order chi connectivity index (χ1) is 12.5. The average molecular weight is 352 g/mol. The zero-order valence-electron chi connectivity index (χ0n) is 16.1. The second kappa shape index (κ2) is 9.90. The average Bonchev–Trinajstić information content (AvgIpc) is 2.60. The minimum atomic E-state index is 0.00513. The monoisotopic (exact) mass is 352 g/mol. The molecule has 0 amide bonds. The number of hydrogen-bond donors (Lipinski definition) is 0. The van der Waals surface area contributed by atoms with E-state index < -0.39 is 0 Å². The van der Waals surface area contributed by atoms with Crippen LogP contribution < -0.4 is 4.74 Å². The highest BCUT2D eigenvalue weighted by Gasteiger charge is 2.09. The van der Waals surface area contributed by atoms with Crippen LogP contribution in [0.25, 0.3) is 6.08 Å². The van der Waals surface area contributed by atoms with Gasteiger partial charge in [-0.2, -0.15) is 0 Å². The molecule has 26 heavy (non-hydrogen) atoms. The van der Waals surface area contributed by atoms with E-state index in [1.807, 2.05) is 82.8 Å². The van der Waals surface area contributed by atoms with Gasteiger partial charge in [0, 0.05) is 24.2 Å². The summed E-state index contributed by atoms with van der Waals surface area (Å²) in [6.07, 6.45) is 3.46. The van der Waals surface area contributed by atoms with E-state index in [2.05, 4.69) is 9.80 Å². The first kappa shape index (κ1) is 19.9. The molecule has 2 aromatic carbocycles. The number of hydrogen-bond acceptors (Lipinski definition) is 4. The van der Waals surface area contributed by atoms with Crippen LogP contribution in [-0.2, 0) is 6.54 Å². The van der Waals surface area contributed by atoms with Gasteiger partial charge in [0.2, 0.25) is 0 Å². The van der Waals surface area contributed by atoms with Gasteiger partial charge >= 0.3 is 0 Å². The highest BCUT2D eigenvalue weighted by atomic mass is 16.5. The van der Waals surface area contributed by atoms with Crippen LogP contribution in [0.5, 0.6) is 5.75 Å². The number of benzene rings is 2. The van der Waals surface area contributed by atoms with Gasteiger partial charge in [-0.1, -0.05) is 42.5 Å². The lowest BCUT2D eigenvalue weighted by atomic mass is 10.0. The number of allylic oxidation sites excluding steroid dienone is 1. The molecule has 4 heteroatoms. The van der Waals surface area contributed by atoms with Crippen molar-refractivity contribution in [3.8, 4) is 5.75 Å². The molecular formula is C22H28N2O2. The Bertz CT molecular complexity index is 751. The van der Waals surface area contributed by atoms with Crippen LogP contribution >= 0.6 is 0 Å². The van der Waals surface area contributed by atoms with E-state index in [9.17, 15) is 4.79 Å². The summed E-state index contributed by atoms with van der Waals surface area (Å²) in [7, 11) is 8.02. The summed E-state index contributed by atoms with van der Waals surface area (Å²) in [6.45, 7) is 2.19. The zero-order valence-corrected chi connectivity index (χ0v) is 16.1. The quantitative estimate of drug-likeness (QED) is 0.510. The van der Waals surface area contributed by atoms with E-state index >= 15 is 0 Å². The maximum Gasteiger partial charge on any atom is 0.186 e. The predicted octanol–water partition coefficient (Wildman–Crippen LogP) is 3.58. The highest BCUT2D eigenvalue weighted by molar-refractivity contribution is 6.07. The lowest BCUT2D eigenvalue weighted by Crippen LogP contribution is -2.19. The summed E-state index contributed by atoms with van der Waals surface area (Å²) in [5.41, 5.74) is 2.68. The molecule has 0 spiro atoms. The second-order valence-electron chi connectivity index (χ2n) is 6.78. The predicted molar refractivity (Wildman–Crippen MR) is 108 cm³/mol. The maximum absolute atomic E-state index is 12.7. The van der Waals surface area contributed by atoms with Gasteiger partial charge in [-0.3, -0.25) is 4.79 Å². The summed E-state index contributed by atoms with van der Waals surface area (Å²) in [5, 5.41) is 0. The molecule has 0 aromatic heterocycles. The molecule has 138 valence electrons. The number of rotatable bonds is 9. The number of ketones is 1. The van der Waals surface area contributed by atoms with Gasteiger partial charge in [-0.05, 0) is 52.0 Å². The smallest absolute Gasteiger partial charge is 0.186 e. The molecule has 0 aliphatic rings. The van der Waals surface area contributed by atoms with E-state index in [1.54, 1.807) is 6.08 Å². The fourth-order valence-corrected chi connectivity index (χ4v) is 2.58. The Hall–Kier alpha value is -2.43. The molecule has 0 atom stereocenters. The summed E-state index contributed by atoms with van der Waals surface area (Å²) in [5.74, 6) is 0.797. The third-order valence-corrected chi connectivity index (χ3v) is 3.90. The van der Waals surface area contributed by atoms with Crippen LogP contribution in [0.4, 0.5) is 0 Å². The molecule has 0 fully saturated rings. The van der Waals surface area contributed by atoms with E-state index in [0.717, 1.165) is 35.5 Å². The number of para-hydroxylation sites is 1. The van der Waals surface area contributed by atoms with Crippen LogP contribution in [-0.4, -0.2) is 56.9 Å². The normalized spacial score (nSPS) is 11.5. The summed E-state index contributed by atoms with van der Waals surface area (Å²) < 4.78 is 5.85. The van der Waals surface area contributed by atoms with Gasteiger partial charge in [0.15, 0.2) is 5.78 Å². The fourth-order valence-electron chi connectivity index (χ4n) is 2.58. The first-order valence-electron chi connectivity index (χ1n) is 8.79. The van der Waals surface area contributed by atoms with Crippen LogP contribution in [0.3, 0.4) is 0 Å². The number of carbonyl (C=O) groups is 1. The second-order valence-corrected chi connectivity index (χ2v) is 6.78. The first-order valence-corrected chi connectivity index (χ1v) is 8.79. The molecule has 0 heterocycles. The minimum absolute atomic E-state index is 0.00513. The third kappa shape index (κ3) is 6.14. The van der Waals surface area contributed by atoms with Crippen molar-refractivity contribution in [1.82, 2.24) is 9.80 Å². The lowest BCUT2D eigenvalue weighted by Gasteiger charge is -2.13. The van der Waals surface area contributed by atoms with Gasteiger partial charge in [0.1, 0.15) is 12.4 Å². The van der Waals surface area contributed by atoms with Gasteiger partial charge in [0.25, 0.3) is 0 Å². The Labute approximate surface area is 156 Å². The molecule has 2 rings (SSSR count). The molecule has 0 radical (unpaired) electrons. The highest BCUT2D eigenvalue weighted by Crippen LogP contribution is 2.20. The zero-order chi connectivity index (χ0) is 18.9. The minimum Gasteiger partial charge on any atom is -0.492 e. The van der Waals surface area contributed by atoms with Crippen molar-refractivity contribution in [3.63, 3.8) is 0 Å². The Morgan fingerprint density at radius 1 is 0.962 bits per heavy atom. The van der Waals surface area contributed by atoms with E-state index in [4.69, 9.17) is 4.74 Å². The van der Waals surface area contributed by atoms with Crippen LogP contribution in [0.1, 0.15) is 21.5 Å². The van der Waals surface area contributed by atoms with Crippen LogP contribution in [0.2, 0.25) is 0 Å². The number of ether oxygens (including phenoxy) is 1. The van der Waals surface area contributed by atoms with Crippen molar-refractivity contribution in [1.29, 1.82) is 0 Å². The van der Waals surface area contributed by atoms with Crippen molar-refractivity contribution in [2.75, 3.05) is 41.3 Å². The van der Waals surface area contributed by atoms with Gasteiger partial charge < -0.3 is 14.5 Å². The molecular weight excluding hydrogens is 324 g/mol. The summed E-state index contributed by atoms with van der Waals surface area (Å²) in [6, 6.07) is 15.5. The van der Waals surface area contributed by atoms with E-state index in [-0.39, 0.29) is 5.78 Å². The van der Waals surface area contributed by atoms with Crippen molar-refractivity contribution >= 4 is 11.9 Å². The van der Waals surface area contributed by atoms with Crippen molar-refractivity contribution in [2.45, 2.75) is 6.54 Å². The lowest BCUT2D eigenvalue weighted by molar-refractivity contribution is 0.104. The van der Waals surface area contributed by atoms with Gasteiger partial charge in [0.05, 0.1) is 0 Å². The van der Waals surface area contributed by atoms with Crippen molar-refractivity contribution < 1.29 is 9.53 Å². The molecule has 0 aliphatic heterocycles. The fraction of sp³-hybridized carbons (Fsp3) is 0.318. The topological polar surface area (TPSA) is 32.8 Å². The molecule has 0 unspecified atom stereocenters. The molecule has 2 aromatic rings. The van der Waals surface area contributed by atoms with Crippen LogP contribution in [0, 0.1) is 0 Å². The molecule has 0 bridgehead atoms. The van der Waals surface area contributed by atoms with Gasteiger partial charge in [-0.25, -0.2) is 0 Å². The Morgan fingerprint density at radius 2 is 1.65 bits per heavy atom. The molecule has 0 aliphatic carbocycles. The molecule has 4 nitrogen and oxygen atoms in total. The van der Waals surface area contributed by atoms with Crippen molar-refractivity contribution in [2.24, 2.45) is 0 Å². The largest absolute Gasteiger partial charge is 0.492 e. The maximum atomic E-state index is 12.7. The molecule has 0 saturated heterocycles. The van der Waals surface area contributed by atoms with Crippen molar-refractivity contribution in [3.05, 3.63) is 71.3 Å². The summed E-state index contributed by atoms with van der Waals surface area (Å²) >= 11 is 0. The standard InChI is InChI=1S/C22H28N2O2/c1-23(2)15-16-26-22-12-8-6-9-18(22)13-14-21(25)20-11-7-5-10-19(20)17-24(3)4/h5-14H,15-17H2,1-4H3. The third-order valence-electron chi connectivity index (χ3n) is 3.90. The van der Waals surface area contributed by atoms with E-state index in [0.29, 0.717) is 6.61 Å².